The lowest BCUT2D eigenvalue weighted by Crippen LogP contribution is -2.58. The van der Waals surface area contributed by atoms with Crippen LogP contribution in [0.25, 0.3) is 0 Å². The molecule has 6 heteroatoms. The summed E-state index contributed by atoms with van der Waals surface area (Å²) in [4.78, 5) is 0. The quantitative estimate of drug-likeness (QED) is 0.412. The Labute approximate surface area is 81.7 Å². The summed E-state index contributed by atoms with van der Waals surface area (Å²) in [5.74, 6) is 0.255. The van der Waals surface area contributed by atoms with Crippen molar-refractivity contribution < 1.29 is 24.8 Å². The average Bonchev–Trinajstić information content (AvgIpc) is 2.15. The molecule has 2 unspecified atom stereocenters. The van der Waals surface area contributed by atoms with Crippen molar-refractivity contribution in [3.8, 4) is 0 Å². The van der Waals surface area contributed by atoms with Gasteiger partial charge < -0.3 is 24.8 Å². The summed E-state index contributed by atoms with van der Waals surface area (Å²) in [6.07, 6.45) is -5.13. The van der Waals surface area contributed by atoms with Gasteiger partial charge in [0.05, 0.1) is 6.10 Å². The molecule has 0 aromatic carbocycles. The number of aliphatic hydroxyl groups is 3. The van der Waals surface area contributed by atoms with Gasteiger partial charge in [-0.3, -0.25) is 0 Å². The number of methoxy groups -OCH3 is 1. The third-order valence-corrected chi connectivity index (χ3v) is 2.44. The Balaban J connectivity index is 2.66. The van der Waals surface area contributed by atoms with Crippen LogP contribution >= 0.6 is 12.6 Å². The predicted octanol–water partition coefficient (Wildman–Crippen LogP) is -1.63. The molecule has 1 rings (SSSR count). The molecule has 0 spiro atoms. The molecule has 78 valence electrons. The van der Waals surface area contributed by atoms with Gasteiger partial charge in [-0.1, -0.05) is 0 Å². The topological polar surface area (TPSA) is 79.2 Å². The summed E-state index contributed by atoms with van der Waals surface area (Å²) in [5.41, 5.74) is 0. The Morgan fingerprint density at radius 3 is 2.31 bits per heavy atom. The highest BCUT2D eigenvalue weighted by Crippen LogP contribution is 2.21. The van der Waals surface area contributed by atoms with Gasteiger partial charge in [0.15, 0.2) is 6.29 Å². The van der Waals surface area contributed by atoms with Crippen molar-refractivity contribution in [2.75, 3.05) is 12.9 Å². The van der Waals surface area contributed by atoms with Crippen LogP contribution in [0.5, 0.6) is 0 Å². The molecule has 0 aromatic heterocycles. The minimum absolute atomic E-state index is 0.255. The molecule has 1 aliphatic rings. The van der Waals surface area contributed by atoms with Gasteiger partial charge in [-0.15, -0.1) is 0 Å². The van der Waals surface area contributed by atoms with E-state index in [-0.39, 0.29) is 5.75 Å². The Morgan fingerprint density at radius 1 is 1.23 bits per heavy atom. The van der Waals surface area contributed by atoms with E-state index in [0.29, 0.717) is 0 Å². The van der Waals surface area contributed by atoms with E-state index < -0.39 is 30.7 Å². The molecule has 0 bridgehead atoms. The summed E-state index contributed by atoms with van der Waals surface area (Å²) in [7, 11) is 1.36. The monoisotopic (exact) mass is 210 g/mol. The molecular formula is C7H14O5S. The third kappa shape index (κ3) is 2.15. The van der Waals surface area contributed by atoms with E-state index in [4.69, 9.17) is 9.47 Å². The molecule has 0 radical (unpaired) electrons. The number of ether oxygens (including phenoxy) is 2. The van der Waals surface area contributed by atoms with Gasteiger partial charge in [0.25, 0.3) is 0 Å². The van der Waals surface area contributed by atoms with E-state index in [9.17, 15) is 15.3 Å². The minimum Gasteiger partial charge on any atom is -0.388 e. The van der Waals surface area contributed by atoms with Gasteiger partial charge in [-0.2, -0.15) is 12.6 Å². The molecule has 0 amide bonds. The zero-order valence-corrected chi connectivity index (χ0v) is 8.09. The van der Waals surface area contributed by atoms with Crippen molar-refractivity contribution in [1.29, 1.82) is 0 Å². The van der Waals surface area contributed by atoms with Crippen molar-refractivity contribution in [1.82, 2.24) is 0 Å². The molecule has 3 N–H and O–H groups in total. The van der Waals surface area contributed by atoms with Crippen molar-refractivity contribution in [3.05, 3.63) is 0 Å². The maximum atomic E-state index is 9.38. The van der Waals surface area contributed by atoms with Crippen LogP contribution in [-0.4, -0.2) is 58.9 Å². The lowest BCUT2D eigenvalue weighted by Gasteiger charge is -2.39. The molecule has 1 fully saturated rings. The van der Waals surface area contributed by atoms with Gasteiger partial charge in [0.1, 0.15) is 18.3 Å². The van der Waals surface area contributed by atoms with Gasteiger partial charge in [0, 0.05) is 12.9 Å². The van der Waals surface area contributed by atoms with Gasteiger partial charge in [-0.25, -0.2) is 0 Å². The van der Waals surface area contributed by atoms with Crippen molar-refractivity contribution in [3.63, 3.8) is 0 Å². The maximum Gasteiger partial charge on any atom is 0.186 e. The highest BCUT2D eigenvalue weighted by atomic mass is 32.1. The molecule has 5 nitrogen and oxygen atoms in total. The molecule has 0 saturated carbocycles. The number of aliphatic hydroxyl groups excluding tert-OH is 3. The fraction of sp³-hybridized carbons (Fsp3) is 1.00. The second-order valence-electron chi connectivity index (χ2n) is 2.93. The number of hydrogen-bond donors (Lipinski definition) is 4. The Kier molecular flexibility index (Phi) is 3.96. The van der Waals surface area contributed by atoms with Crippen LogP contribution in [0.15, 0.2) is 0 Å². The fourth-order valence-electron chi connectivity index (χ4n) is 1.26. The van der Waals surface area contributed by atoms with E-state index in [0.717, 1.165) is 0 Å². The smallest absolute Gasteiger partial charge is 0.186 e. The Morgan fingerprint density at radius 2 is 1.85 bits per heavy atom. The number of hydrogen-bond acceptors (Lipinski definition) is 6. The van der Waals surface area contributed by atoms with Crippen molar-refractivity contribution in [2.45, 2.75) is 30.7 Å². The first-order valence-corrected chi connectivity index (χ1v) is 4.58. The molecule has 13 heavy (non-hydrogen) atoms. The van der Waals surface area contributed by atoms with Gasteiger partial charge in [0.2, 0.25) is 0 Å². The molecule has 0 aromatic rings. The lowest BCUT2D eigenvalue weighted by molar-refractivity contribution is -0.284. The van der Waals surface area contributed by atoms with Crippen LogP contribution in [0, 0.1) is 0 Å². The minimum atomic E-state index is -1.25. The summed E-state index contributed by atoms with van der Waals surface area (Å²) >= 11 is 3.94. The summed E-state index contributed by atoms with van der Waals surface area (Å²) in [5, 5.41) is 28.1. The number of thiol groups is 1. The standard InChI is InChI=1S/C7H14O5S/c1-11-7-6(10)5(9)4(8)3(2-13)12-7/h3-10,13H,2H2,1H3/t3?,4-,5?,6-,7+/m0/s1. The average molecular weight is 210 g/mol. The predicted molar refractivity (Wildman–Crippen MR) is 47.5 cm³/mol. The van der Waals surface area contributed by atoms with E-state index in [1.165, 1.54) is 7.11 Å². The lowest BCUT2D eigenvalue weighted by atomic mass is 10.00. The first-order chi connectivity index (χ1) is 6.11. The van der Waals surface area contributed by atoms with E-state index in [2.05, 4.69) is 12.6 Å². The summed E-state index contributed by atoms with van der Waals surface area (Å²) < 4.78 is 9.90. The first-order valence-electron chi connectivity index (χ1n) is 3.95. The molecular weight excluding hydrogens is 196 g/mol. The summed E-state index contributed by atoms with van der Waals surface area (Å²) in [6, 6.07) is 0. The largest absolute Gasteiger partial charge is 0.388 e. The summed E-state index contributed by atoms with van der Waals surface area (Å²) in [6.45, 7) is 0. The zero-order valence-electron chi connectivity index (χ0n) is 7.20. The van der Waals surface area contributed by atoms with Crippen LogP contribution in [0.2, 0.25) is 0 Å². The molecule has 1 saturated heterocycles. The van der Waals surface area contributed by atoms with E-state index in [1.54, 1.807) is 0 Å². The highest BCUT2D eigenvalue weighted by molar-refractivity contribution is 7.80. The highest BCUT2D eigenvalue weighted by Gasteiger charge is 2.43. The fourth-order valence-corrected chi connectivity index (χ4v) is 1.56. The first kappa shape index (κ1) is 11.2. The van der Waals surface area contributed by atoms with Gasteiger partial charge in [-0.05, 0) is 0 Å². The molecule has 1 heterocycles. The third-order valence-electron chi connectivity index (χ3n) is 2.08. The van der Waals surface area contributed by atoms with Crippen LogP contribution in [0.1, 0.15) is 0 Å². The maximum absolute atomic E-state index is 9.38. The molecule has 5 atom stereocenters. The van der Waals surface area contributed by atoms with Crippen molar-refractivity contribution in [2.24, 2.45) is 0 Å². The Bertz CT molecular complexity index is 147. The van der Waals surface area contributed by atoms with E-state index in [1.807, 2.05) is 0 Å². The normalized spacial score (nSPS) is 46.4. The van der Waals surface area contributed by atoms with Crippen LogP contribution in [0.4, 0.5) is 0 Å². The van der Waals surface area contributed by atoms with Crippen LogP contribution in [0.3, 0.4) is 0 Å². The van der Waals surface area contributed by atoms with Crippen LogP contribution < -0.4 is 0 Å². The van der Waals surface area contributed by atoms with Gasteiger partial charge >= 0.3 is 0 Å². The molecule has 1 aliphatic heterocycles. The van der Waals surface area contributed by atoms with Crippen molar-refractivity contribution >= 4 is 12.6 Å². The zero-order chi connectivity index (χ0) is 10.0. The molecule has 0 aliphatic carbocycles. The van der Waals surface area contributed by atoms with E-state index >= 15 is 0 Å². The SMILES string of the molecule is CO[C@@H]1OC(CS)[C@H](O)C(O)[C@@H]1O. The van der Waals surface area contributed by atoms with Crippen LogP contribution in [-0.2, 0) is 9.47 Å². The second kappa shape index (κ2) is 4.59. The Hall–Kier alpha value is 0.150. The second-order valence-corrected chi connectivity index (χ2v) is 3.30. The number of rotatable bonds is 2.